The molecule has 0 saturated heterocycles. The Bertz CT molecular complexity index is 825. The molecule has 28 heavy (non-hydrogen) atoms. The van der Waals surface area contributed by atoms with Crippen LogP contribution in [0.3, 0.4) is 0 Å². The predicted molar refractivity (Wildman–Crippen MR) is 121 cm³/mol. The Balaban J connectivity index is 1.91. The summed E-state index contributed by atoms with van der Waals surface area (Å²) < 4.78 is 0. The lowest BCUT2D eigenvalue weighted by Gasteiger charge is -2.34. The third-order valence-corrected chi connectivity index (χ3v) is 7.70. The first-order chi connectivity index (χ1) is 13.6. The Kier molecular flexibility index (Phi) is 7.01. The van der Waals surface area contributed by atoms with E-state index >= 15 is 0 Å². The van der Waals surface area contributed by atoms with Crippen LogP contribution in [0.5, 0.6) is 0 Å². The molecule has 0 heterocycles. The monoisotopic (exact) mass is 389 g/mol. The Morgan fingerprint density at radius 2 is 1.21 bits per heavy atom. The molecule has 3 aromatic rings. The van der Waals surface area contributed by atoms with Gasteiger partial charge in [-0.15, -0.1) is 0 Å². The van der Waals surface area contributed by atoms with E-state index in [0.29, 0.717) is 5.92 Å². The normalized spacial score (nSPS) is 12.2. The smallest absolute Gasteiger partial charge is 0.253 e. The second-order valence-corrected chi connectivity index (χ2v) is 9.63. The number of amides is 1. The molecule has 3 aromatic carbocycles. The molecule has 0 N–H and O–H groups in total. The molecule has 0 aliphatic heterocycles. The van der Waals surface area contributed by atoms with Crippen LogP contribution in [0.25, 0.3) is 0 Å². The highest BCUT2D eigenvalue weighted by Gasteiger charge is 2.28. The van der Waals surface area contributed by atoms with Crippen molar-refractivity contribution in [3.05, 3.63) is 96.6 Å². The summed E-state index contributed by atoms with van der Waals surface area (Å²) in [6, 6.07) is 31.2. The zero-order valence-electron chi connectivity index (χ0n) is 16.8. The summed E-state index contributed by atoms with van der Waals surface area (Å²) in [6.07, 6.45) is 0.954. The maximum absolute atomic E-state index is 13.1. The van der Waals surface area contributed by atoms with Crippen LogP contribution < -0.4 is 10.6 Å². The lowest BCUT2D eigenvalue weighted by atomic mass is 10.0. The fourth-order valence-corrected chi connectivity index (χ4v) is 6.30. The summed E-state index contributed by atoms with van der Waals surface area (Å²) in [5.74, 6) is 0.463. The minimum Gasteiger partial charge on any atom is -0.338 e. The van der Waals surface area contributed by atoms with E-state index in [2.05, 4.69) is 74.5 Å². The summed E-state index contributed by atoms with van der Waals surface area (Å²) in [5, 5.41) is 2.71. The van der Waals surface area contributed by atoms with Crippen molar-refractivity contribution < 1.29 is 4.79 Å². The van der Waals surface area contributed by atoms with Gasteiger partial charge in [0.15, 0.2) is 0 Å². The highest BCUT2D eigenvalue weighted by Crippen LogP contribution is 2.37. The summed E-state index contributed by atoms with van der Waals surface area (Å²) in [7, 11) is 1.41. The van der Waals surface area contributed by atoms with Gasteiger partial charge in [-0.3, -0.25) is 4.79 Å². The van der Waals surface area contributed by atoms with E-state index in [0.717, 1.165) is 11.7 Å². The highest BCUT2D eigenvalue weighted by atomic mass is 31.1. The van der Waals surface area contributed by atoms with Gasteiger partial charge in [-0.25, -0.2) is 0 Å². The summed E-state index contributed by atoms with van der Waals surface area (Å²) >= 11 is 0. The van der Waals surface area contributed by atoms with E-state index in [4.69, 9.17) is 0 Å². The van der Waals surface area contributed by atoms with Crippen molar-refractivity contribution in [2.75, 3.05) is 13.2 Å². The molecule has 3 heteroatoms. The third kappa shape index (κ3) is 4.88. The number of benzene rings is 3. The van der Waals surface area contributed by atoms with Gasteiger partial charge in [-0.2, -0.15) is 0 Å². The molecule has 3 rings (SSSR count). The van der Waals surface area contributed by atoms with Crippen LogP contribution in [0.2, 0.25) is 0 Å². The minimum absolute atomic E-state index is 0.0929. The quantitative estimate of drug-likeness (QED) is 0.526. The largest absolute Gasteiger partial charge is 0.338 e. The lowest BCUT2D eigenvalue weighted by molar-refractivity contribution is 0.0710. The average Bonchev–Trinajstić information content (AvgIpc) is 2.75. The molecule has 0 fully saturated rings. The van der Waals surface area contributed by atoms with Crippen molar-refractivity contribution in [1.82, 2.24) is 4.90 Å². The van der Waals surface area contributed by atoms with E-state index < -0.39 is 7.92 Å². The number of nitrogens with zero attached hydrogens (tertiary/aromatic N) is 1. The average molecular weight is 389 g/mol. The predicted octanol–water partition coefficient (Wildman–Crippen LogP) is 4.92. The van der Waals surface area contributed by atoms with Crippen LogP contribution in [-0.4, -0.2) is 30.1 Å². The van der Waals surface area contributed by atoms with E-state index in [1.807, 2.05) is 42.3 Å². The third-order valence-electron chi connectivity index (χ3n) is 5.11. The Labute approximate surface area is 170 Å². The first-order valence-electron chi connectivity index (χ1n) is 9.77. The molecule has 1 atom stereocenters. The van der Waals surface area contributed by atoms with E-state index in [1.54, 1.807) is 0 Å². The fourth-order valence-electron chi connectivity index (χ4n) is 3.48. The van der Waals surface area contributed by atoms with Crippen LogP contribution in [0.1, 0.15) is 24.2 Å². The van der Waals surface area contributed by atoms with Crippen LogP contribution in [-0.2, 0) is 0 Å². The summed E-state index contributed by atoms with van der Waals surface area (Å²) in [4.78, 5) is 15.0. The van der Waals surface area contributed by atoms with Crippen molar-refractivity contribution in [3.63, 3.8) is 0 Å². The van der Waals surface area contributed by atoms with Crippen LogP contribution in [0, 0.1) is 5.92 Å². The molecular weight excluding hydrogens is 361 g/mol. The van der Waals surface area contributed by atoms with Crippen molar-refractivity contribution in [1.29, 1.82) is 0 Å². The van der Waals surface area contributed by atoms with Gasteiger partial charge in [-0.05, 0) is 42.7 Å². The van der Waals surface area contributed by atoms with Gasteiger partial charge in [0.2, 0.25) is 0 Å². The zero-order chi connectivity index (χ0) is 19.9. The van der Waals surface area contributed by atoms with Crippen molar-refractivity contribution >= 4 is 24.4 Å². The van der Waals surface area contributed by atoms with E-state index in [-0.39, 0.29) is 11.9 Å². The fraction of sp³-hybridized carbons (Fsp3) is 0.240. The lowest BCUT2D eigenvalue weighted by Crippen LogP contribution is -2.43. The second-order valence-electron chi connectivity index (χ2n) is 7.38. The first kappa shape index (κ1) is 20.3. The van der Waals surface area contributed by atoms with Crippen LogP contribution >= 0.6 is 7.92 Å². The topological polar surface area (TPSA) is 20.3 Å². The van der Waals surface area contributed by atoms with Gasteiger partial charge in [0.1, 0.15) is 0 Å². The van der Waals surface area contributed by atoms with Crippen LogP contribution in [0.4, 0.5) is 0 Å². The maximum atomic E-state index is 13.1. The molecule has 0 aliphatic carbocycles. The second kappa shape index (κ2) is 9.66. The minimum atomic E-state index is -0.543. The molecule has 0 spiro atoms. The first-order valence-corrected chi connectivity index (χ1v) is 11.3. The van der Waals surface area contributed by atoms with Gasteiger partial charge in [-0.1, -0.05) is 92.7 Å². The van der Waals surface area contributed by atoms with Gasteiger partial charge >= 0.3 is 0 Å². The number of rotatable bonds is 7. The number of hydrogen-bond donors (Lipinski definition) is 0. The zero-order valence-corrected chi connectivity index (χ0v) is 17.7. The number of carbonyl (C=O) groups excluding carboxylic acids is 1. The highest BCUT2D eigenvalue weighted by molar-refractivity contribution is 7.73. The van der Waals surface area contributed by atoms with Gasteiger partial charge in [0.25, 0.3) is 5.91 Å². The molecule has 0 unspecified atom stereocenters. The Hall–Kier alpha value is -2.44. The van der Waals surface area contributed by atoms with E-state index in [1.165, 1.54) is 10.6 Å². The maximum Gasteiger partial charge on any atom is 0.253 e. The summed E-state index contributed by atoms with van der Waals surface area (Å²) in [6.45, 7) is 4.42. The molecular formula is C25H28NOP. The van der Waals surface area contributed by atoms with Gasteiger partial charge < -0.3 is 4.90 Å². The number of carbonyl (C=O) groups is 1. The van der Waals surface area contributed by atoms with Gasteiger partial charge in [0.05, 0.1) is 0 Å². The molecule has 0 bridgehead atoms. The standard InChI is InChI=1S/C25H28NOP/c1-20(2)24(26(3)25(27)21-13-7-4-8-14-21)19-28(22-15-9-5-10-16-22)23-17-11-6-12-18-23/h4-18,20,24H,19H2,1-3H3/t24-/m1/s1. The summed E-state index contributed by atoms with van der Waals surface area (Å²) in [5.41, 5.74) is 0.749. The van der Waals surface area contributed by atoms with Crippen molar-refractivity contribution in [2.45, 2.75) is 19.9 Å². The molecule has 0 radical (unpaired) electrons. The molecule has 0 aliphatic rings. The number of hydrogen-bond acceptors (Lipinski definition) is 1. The van der Waals surface area contributed by atoms with Crippen LogP contribution in [0.15, 0.2) is 91.0 Å². The molecule has 1 amide bonds. The van der Waals surface area contributed by atoms with Crippen molar-refractivity contribution in [2.24, 2.45) is 5.92 Å². The molecule has 0 aromatic heterocycles. The van der Waals surface area contributed by atoms with E-state index in [9.17, 15) is 4.79 Å². The van der Waals surface area contributed by atoms with Crippen molar-refractivity contribution in [3.8, 4) is 0 Å². The molecule has 0 saturated carbocycles. The SMILES string of the molecule is CC(C)[C@@H](CP(c1ccccc1)c1ccccc1)N(C)C(=O)c1ccccc1. The Morgan fingerprint density at radius 1 is 0.786 bits per heavy atom. The van der Waals surface area contributed by atoms with Gasteiger partial charge in [0, 0.05) is 18.7 Å². The molecule has 2 nitrogen and oxygen atoms in total. The molecule has 144 valence electrons. The Morgan fingerprint density at radius 3 is 1.64 bits per heavy atom.